The predicted molar refractivity (Wildman–Crippen MR) is 121 cm³/mol. The van der Waals surface area contributed by atoms with E-state index in [1.807, 2.05) is 18.2 Å². The minimum atomic E-state index is -1.03. The third-order valence-corrected chi connectivity index (χ3v) is 6.00. The zero-order valence-electron chi connectivity index (χ0n) is 18.6. The fourth-order valence-corrected chi connectivity index (χ4v) is 4.32. The Balaban J connectivity index is 1.84. The van der Waals surface area contributed by atoms with Crippen LogP contribution in [0.25, 0.3) is 10.9 Å². The maximum absolute atomic E-state index is 13.0. The van der Waals surface area contributed by atoms with Crippen LogP contribution in [0.15, 0.2) is 30.5 Å². The lowest BCUT2D eigenvalue weighted by Gasteiger charge is -2.22. The molecule has 2 atom stereocenters. The molecule has 1 aliphatic heterocycles. The maximum atomic E-state index is 13.0. The van der Waals surface area contributed by atoms with Crippen molar-refractivity contribution < 1.29 is 24.2 Å². The van der Waals surface area contributed by atoms with Gasteiger partial charge in [-0.25, -0.2) is 0 Å². The Morgan fingerprint density at radius 1 is 1.28 bits per heavy atom. The number of para-hydroxylation sites is 1. The van der Waals surface area contributed by atoms with Crippen LogP contribution in [0.4, 0.5) is 0 Å². The van der Waals surface area contributed by atoms with Crippen molar-refractivity contribution in [1.82, 2.24) is 15.2 Å². The molecule has 1 aromatic heterocycles. The number of carbonyl (C=O) groups is 3. The topological polar surface area (TPSA) is 110 Å². The number of aryl methyl sites for hydroxylation is 1. The van der Waals surface area contributed by atoms with Crippen LogP contribution < -0.4 is 10.6 Å². The average molecular weight is 444 g/mol. The standard InChI is InChI=1S/C24H33N3O5/c1-32-13-7-8-17(15-22(28)29)23(30)26-20-14-18-16-27(21-10-4-3-9-19(18)21)12-6-2-5-11-25-24(20)31/h3-4,9-10,16-17,20H,2,5-8,11-15H2,1H3,(H,25,31)(H,26,30)(H,28,29)/t17-,20+/m1/s1. The Morgan fingerprint density at radius 3 is 2.88 bits per heavy atom. The smallest absolute Gasteiger partial charge is 0.304 e. The van der Waals surface area contributed by atoms with Crippen LogP contribution in [0.1, 0.15) is 44.1 Å². The number of hydrogen-bond acceptors (Lipinski definition) is 4. The number of carbonyl (C=O) groups excluding carboxylic acids is 2. The van der Waals surface area contributed by atoms with Gasteiger partial charge in [-0.2, -0.15) is 0 Å². The molecule has 0 unspecified atom stereocenters. The number of aliphatic carboxylic acids is 1. The summed E-state index contributed by atoms with van der Waals surface area (Å²) in [6.45, 7) is 1.92. The Hall–Kier alpha value is -2.87. The van der Waals surface area contributed by atoms with Crippen molar-refractivity contribution >= 4 is 28.7 Å². The molecule has 8 heteroatoms. The van der Waals surface area contributed by atoms with Gasteiger partial charge in [0.05, 0.1) is 6.42 Å². The normalized spacial score (nSPS) is 18.3. The van der Waals surface area contributed by atoms with Gasteiger partial charge in [-0.15, -0.1) is 0 Å². The van der Waals surface area contributed by atoms with E-state index in [4.69, 9.17) is 4.74 Å². The van der Waals surface area contributed by atoms with Crippen molar-refractivity contribution in [3.8, 4) is 0 Å². The van der Waals surface area contributed by atoms with Crippen LogP contribution in [0.5, 0.6) is 0 Å². The molecule has 0 radical (unpaired) electrons. The second-order valence-electron chi connectivity index (χ2n) is 8.41. The highest BCUT2D eigenvalue weighted by Crippen LogP contribution is 2.24. The van der Waals surface area contributed by atoms with Gasteiger partial charge in [0.15, 0.2) is 0 Å². The minimum absolute atomic E-state index is 0.235. The number of ether oxygens (including phenoxy) is 1. The van der Waals surface area contributed by atoms with Crippen LogP contribution in [-0.2, 0) is 32.1 Å². The van der Waals surface area contributed by atoms with Gasteiger partial charge < -0.3 is 25.0 Å². The molecule has 2 bridgehead atoms. The van der Waals surface area contributed by atoms with Gasteiger partial charge in [-0.3, -0.25) is 14.4 Å². The molecule has 2 amide bonds. The van der Waals surface area contributed by atoms with E-state index in [1.165, 1.54) is 0 Å². The van der Waals surface area contributed by atoms with Gasteiger partial charge in [-0.05, 0) is 43.7 Å². The molecule has 0 spiro atoms. The number of rotatable bonds is 8. The van der Waals surface area contributed by atoms with Crippen molar-refractivity contribution in [3.05, 3.63) is 36.0 Å². The van der Waals surface area contributed by atoms with E-state index in [0.29, 0.717) is 32.4 Å². The van der Waals surface area contributed by atoms with Crippen molar-refractivity contribution in [2.24, 2.45) is 5.92 Å². The third-order valence-electron chi connectivity index (χ3n) is 6.00. The average Bonchev–Trinajstić information content (AvgIpc) is 3.11. The van der Waals surface area contributed by atoms with Gasteiger partial charge in [-0.1, -0.05) is 18.2 Å². The van der Waals surface area contributed by atoms with E-state index < -0.39 is 23.8 Å². The molecule has 3 rings (SSSR count). The van der Waals surface area contributed by atoms with Gasteiger partial charge in [0.2, 0.25) is 11.8 Å². The number of methoxy groups -OCH3 is 1. The van der Waals surface area contributed by atoms with E-state index in [-0.39, 0.29) is 12.3 Å². The predicted octanol–water partition coefficient (Wildman–Crippen LogP) is 2.49. The van der Waals surface area contributed by atoms with Gasteiger partial charge in [0.25, 0.3) is 0 Å². The second kappa shape index (κ2) is 11.7. The molecule has 3 N–H and O–H groups in total. The molecular weight excluding hydrogens is 410 g/mol. The van der Waals surface area contributed by atoms with Gasteiger partial charge >= 0.3 is 5.97 Å². The monoisotopic (exact) mass is 443 g/mol. The van der Waals surface area contributed by atoms with E-state index in [2.05, 4.69) is 27.5 Å². The number of carboxylic acids is 1. The molecule has 174 valence electrons. The molecular formula is C24H33N3O5. The first-order valence-electron chi connectivity index (χ1n) is 11.3. The molecule has 0 fully saturated rings. The maximum Gasteiger partial charge on any atom is 0.304 e. The van der Waals surface area contributed by atoms with Gasteiger partial charge in [0, 0.05) is 56.2 Å². The molecule has 1 aromatic carbocycles. The van der Waals surface area contributed by atoms with Crippen LogP contribution in [0, 0.1) is 5.92 Å². The number of benzene rings is 1. The molecule has 0 aliphatic carbocycles. The highest BCUT2D eigenvalue weighted by Gasteiger charge is 2.28. The summed E-state index contributed by atoms with van der Waals surface area (Å²) >= 11 is 0. The molecule has 2 heterocycles. The molecule has 0 saturated carbocycles. The SMILES string of the molecule is COCCC[C@H](CC(=O)O)C(=O)N[C@H]1Cc2cn(c3ccccc23)CCCCCNC1=O. The summed E-state index contributed by atoms with van der Waals surface area (Å²) < 4.78 is 7.26. The van der Waals surface area contributed by atoms with Crippen molar-refractivity contribution in [2.75, 3.05) is 20.3 Å². The lowest BCUT2D eigenvalue weighted by atomic mass is 9.97. The quantitative estimate of drug-likeness (QED) is 0.543. The first kappa shape index (κ1) is 23.8. The lowest BCUT2D eigenvalue weighted by molar-refractivity contribution is -0.141. The number of carboxylic acid groups (broad SMARTS) is 1. The number of nitrogens with zero attached hydrogens (tertiary/aromatic N) is 1. The Bertz CT molecular complexity index is 939. The Kier molecular flexibility index (Phi) is 8.67. The number of fused-ring (bicyclic) bond motifs is 5. The van der Waals surface area contributed by atoms with E-state index >= 15 is 0 Å². The van der Waals surface area contributed by atoms with E-state index in [9.17, 15) is 19.5 Å². The molecule has 32 heavy (non-hydrogen) atoms. The van der Waals surface area contributed by atoms with Crippen LogP contribution >= 0.6 is 0 Å². The summed E-state index contributed by atoms with van der Waals surface area (Å²) in [7, 11) is 1.57. The summed E-state index contributed by atoms with van der Waals surface area (Å²) in [6.07, 6.45) is 6.02. The Labute approximate surface area is 188 Å². The number of nitrogens with one attached hydrogen (secondary N) is 2. The molecule has 8 nitrogen and oxygen atoms in total. The van der Waals surface area contributed by atoms with E-state index in [1.54, 1.807) is 7.11 Å². The van der Waals surface area contributed by atoms with E-state index in [0.717, 1.165) is 42.3 Å². The fourth-order valence-electron chi connectivity index (χ4n) is 4.32. The summed E-state index contributed by atoms with van der Waals surface area (Å²) in [4.78, 5) is 37.2. The molecule has 2 aromatic rings. The Morgan fingerprint density at radius 2 is 2.09 bits per heavy atom. The highest BCUT2D eigenvalue weighted by molar-refractivity contribution is 5.91. The van der Waals surface area contributed by atoms with Gasteiger partial charge in [0.1, 0.15) is 6.04 Å². The third kappa shape index (κ3) is 6.32. The lowest BCUT2D eigenvalue weighted by Crippen LogP contribution is -2.50. The fraction of sp³-hybridized carbons (Fsp3) is 0.542. The van der Waals surface area contributed by atoms with Crippen molar-refractivity contribution in [1.29, 1.82) is 0 Å². The summed E-state index contributed by atoms with van der Waals surface area (Å²) in [6, 6.07) is 7.32. The number of aromatic nitrogens is 1. The number of hydrogen-bond donors (Lipinski definition) is 3. The number of amides is 2. The zero-order chi connectivity index (χ0) is 22.9. The molecule has 1 aliphatic rings. The van der Waals surface area contributed by atoms with Crippen molar-refractivity contribution in [2.45, 2.75) is 57.5 Å². The van der Waals surface area contributed by atoms with Crippen LogP contribution in [0.3, 0.4) is 0 Å². The zero-order valence-corrected chi connectivity index (χ0v) is 18.6. The summed E-state index contributed by atoms with van der Waals surface area (Å²) in [5.41, 5.74) is 2.12. The first-order chi connectivity index (χ1) is 15.5. The van der Waals surface area contributed by atoms with Crippen molar-refractivity contribution in [3.63, 3.8) is 0 Å². The summed E-state index contributed by atoms with van der Waals surface area (Å²) in [5, 5.41) is 16.1. The second-order valence-corrected chi connectivity index (χ2v) is 8.41. The first-order valence-corrected chi connectivity index (χ1v) is 11.3. The minimum Gasteiger partial charge on any atom is -0.481 e. The summed E-state index contributed by atoms with van der Waals surface area (Å²) in [5.74, 6) is -2.38. The van der Waals surface area contributed by atoms with Crippen LogP contribution in [0.2, 0.25) is 0 Å². The highest BCUT2D eigenvalue weighted by atomic mass is 16.5. The largest absolute Gasteiger partial charge is 0.481 e. The van der Waals surface area contributed by atoms with Crippen LogP contribution in [-0.4, -0.2) is 53.8 Å². The molecule has 0 saturated heterocycles.